The summed E-state index contributed by atoms with van der Waals surface area (Å²) in [6, 6.07) is 17.0. The number of ether oxygens (including phenoxy) is 1. The molecule has 1 saturated heterocycles. The number of nitrogens with zero attached hydrogens (tertiary/aromatic N) is 2. The van der Waals surface area contributed by atoms with Crippen molar-refractivity contribution in [3.05, 3.63) is 88.7 Å². The van der Waals surface area contributed by atoms with Crippen LogP contribution in [0.4, 0.5) is 10.5 Å². The van der Waals surface area contributed by atoms with E-state index in [-0.39, 0.29) is 5.57 Å². The topological polar surface area (TPSA) is 80.6 Å². The third-order valence-corrected chi connectivity index (χ3v) is 5.53. The summed E-state index contributed by atoms with van der Waals surface area (Å²) >= 11 is 5.89. The number of hydrogen-bond donors (Lipinski definition) is 1. The predicted octanol–water partition coefficient (Wildman–Crippen LogP) is 4.45. The smallest absolute Gasteiger partial charge is 0.335 e. The van der Waals surface area contributed by atoms with Crippen LogP contribution in [-0.2, 0) is 22.6 Å². The van der Waals surface area contributed by atoms with Gasteiger partial charge in [0.2, 0.25) is 0 Å². The molecule has 4 amide bonds. The lowest BCUT2D eigenvalue weighted by Crippen LogP contribution is -2.54. The molecule has 3 aromatic rings. The lowest BCUT2D eigenvalue weighted by molar-refractivity contribution is -0.122. The monoisotopic (exact) mass is 463 g/mol. The lowest BCUT2D eigenvalue weighted by Gasteiger charge is -2.26. The molecule has 0 spiro atoms. The molecule has 8 heteroatoms. The number of hydrogen-bond acceptors (Lipinski definition) is 4. The lowest BCUT2D eigenvalue weighted by atomic mass is 10.1. The Bertz CT molecular complexity index is 1210. The van der Waals surface area contributed by atoms with Crippen LogP contribution < -0.4 is 15.0 Å². The number of anilines is 1. The van der Waals surface area contributed by atoms with Crippen molar-refractivity contribution in [3.63, 3.8) is 0 Å². The Hall–Kier alpha value is -3.84. The molecule has 1 aromatic heterocycles. The van der Waals surface area contributed by atoms with E-state index in [1.165, 1.54) is 6.08 Å². The first kappa shape index (κ1) is 22.4. The van der Waals surface area contributed by atoms with E-state index in [1.807, 2.05) is 35.9 Å². The Kier molecular flexibility index (Phi) is 6.60. The van der Waals surface area contributed by atoms with Gasteiger partial charge in [0.25, 0.3) is 11.8 Å². The van der Waals surface area contributed by atoms with E-state index < -0.39 is 17.8 Å². The van der Waals surface area contributed by atoms with E-state index >= 15 is 0 Å². The molecule has 0 unspecified atom stereocenters. The van der Waals surface area contributed by atoms with Crippen molar-refractivity contribution in [1.29, 1.82) is 0 Å². The summed E-state index contributed by atoms with van der Waals surface area (Å²) in [4.78, 5) is 38.9. The minimum atomic E-state index is -0.766. The average Bonchev–Trinajstić information content (AvgIpc) is 3.25. The van der Waals surface area contributed by atoms with Crippen LogP contribution >= 0.6 is 11.6 Å². The van der Waals surface area contributed by atoms with Gasteiger partial charge in [0, 0.05) is 16.9 Å². The first-order chi connectivity index (χ1) is 16.0. The van der Waals surface area contributed by atoms with Crippen molar-refractivity contribution in [2.45, 2.75) is 19.9 Å². The average molecular weight is 464 g/mol. The summed E-state index contributed by atoms with van der Waals surface area (Å²) < 4.78 is 7.59. The van der Waals surface area contributed by atoms with Gasteiger partial charge in [-0.1, -0.05) is 30.7 Å². The molecule has 4 rings (SSSR count). The van der Waals surface area contributed by atoms with Gasteiger partial charge >= 0.3 is 6.03 Å². The molecule has 1 fully saturated rings. The number of barbiturate groups is 1. The zero-order valence-electron chi connectivity index (χ0n) is 18.0. The molecule has 1 aliphatic rings. The highest BCUT2D eigenvalue weighted by Crippen LogP contribution is 2.23. The highest BCUT2D eigenvalue weighted by atomic mass is 35.5. The molecule has 7 nitrogen and oxygen atoms in total. The minimum Gasteiger partial charge on any atom is -0.492 e. The number of rotatable bonds is 7. The molecule has 2 heterocycles. The van der Waals surface area contributed by atoms with E-state index in [0.717, 1.165) is 16.9 Å². The van der Waals surface area contributed by atoms with Crippen LogP contribution in [0, 0.1) is 0 Å². The second kappa shape index (κ2) is 9.75. The second-order valence-corrected chi connectivity index (χ2v) is 7.84. The normalized spacial score (nSPS) is 15.2. The van der Waals surface area contributed by atoms with E-state index in [9.17, 15) is 14.4 Å². The van der Waals surface area contributed by atoms with E-state index in [0.29, 0.717) is 35.3 Å². The number of aromatic nitrogens is 1. The summed E-state index contributed by atoms with van der Waals surface area (Å²) in [6.45, 7) is 2.88. The van der Waals surface area contributed by atoms with Gasteiger partial charge in [0.1, 0.15) is 17.9 Å². The number of amides is 4. The minimum absolute atomic E-state index is 0.118. The van der Waals surface area contributed by atoms with Crippen LogP contribution in [0.25, 0.3) is 6.08 Å². The number of carbonyl (C=O) groups is 3. The Morgan fingerprint density at radius 2 is 1.73 bits per heavy atom. The third kappa shape index (κ3) is 4.99. The molecular weight excluding hydrogens is 442 g/mol. The molecule has 33 heavy (non-hydrogen) atoms. The van der Waals surface area contributed by atoms with E-state index in [4.69, 9.17) is 16.3 Å². The molecule has 1 N–H and O–H groups in total. The first-order valence-electron chi connectivity index (χ1n) is 10.5. The fourth-order valence-corrected chi connectivity index (χ4v) is 3.60. The van der Waals surface area contributed by atoms with Crippen LogP contribution in [0.15, 0.2) is 72.4 Å². The number of aryl methyl sites for hydroxylation is 1. The Balaban J connectivity index is 1.52. The Morgan fingerprint density at radius 3 is 2.42 bits per heavy atom. The van der Waals surface area contributed by atoms with Crippen molar-refractivity contribution in [3.8, 4) is 5.75 Å². The maximum atomic E-state index is 13.1. The number of carbonyl (C=O) groups excluding carboxylic acids is 3. The first-order valence-corrected chi connectivity index (χ1v) is 10.9. The predicted molar refractivity (Wildman–Crippen MR) is 126 cm³/mol. The SMILES string of the molecule is CCc1ccc(N2C(=O)NC(=O)C(=Cc3cccn3CCOc3ccc(Cl)cc3)C2=O)cc1. The maximum Gasteiger partial charge on any atom is 0.335 e. The van der Waals surface area contributed by atoms with Crippen LogP contribution in [0.3, 0.4) is 0 Å². The molecule has 0 radical (unpaired) electrons. The summed E-state index contributed by atoms with van der Waals surface area (Å²) in [6.07, 6.45) is 4.15. The number of benzene rings is 2. The van der Waals surface area contributed by atoms with Crippen molar-refractivity contribution in [2.24, 2.45) is 0 Å². The van der Waals surface area contributed by atoms with Gasteiger partial charge < -0.3 is 9.30 Å². The molecule has 0 saturated carbocycles. The fraction of sp³-hybridized carbons (Fsp3) is 0.160. The van der Waals surface area contributed by atoms with Gasteiger partial charge in [-0.05, 0) is 66.6 Å². The quantitative estimate of drug-likeness (QED) is 0.414. The molecule has 2 aromatic carbocycles. The third-order valence-electron chi connectivity index (χ3n) is 5.28. The van der Waals surface area contributed by atoms with E-state index in [2.05, 4.69) is 5.32 Å². The number of urea groups is 1. The molecule has 0 aliphatic carbocycles. The number of halogens is 1. The number of imide groups is 2. The fourth-order valence-electron chi connectivity index (χ4n) is 3.48. The van der Waals surface area contributed by atoms with Crippen LogP contribution in [0.5, 0.6) is 5.75 Å². The highest BCUT2D eigenvalue weighted by molar-refractivity contribution is 6.39. The zero-order valence-corrected chi connectivity index (χ0v) is 18.7. The van der Waals surface area contributed by atoms with Crippen LogP contribution in [-0.4, -0.2) is 29.0 Å². The zero-order chi connectivity index (χ0) is 23.4. The van der Waals surface area contributed by atoms with Gasteiger partial charge in [-0.2, -0.15) is 0 Å². The second-order valence-electron chi connectivity index (χ2n) is 7.41. The molecule has 168 valence electrons. The molecular formula is C25H22ClN3O4. The van der Waals surface area contributed by atoms with Crippen molar-refractivity contribution in [1.82, 2.24) is 9.88 Å². The van der Waals surface area contributed by atoms with Crippen LogP contribution in [0.1, 0.15) is 18.2 Å². The van der Waals surface area contributed by atoms with Gasteiger partial charge in [-0.3, -0.25) is 14.9 Å². The standard InChI is InChI=1S/C25H22ClN3O4/c1-2-17-5-9-19(10-6-17)29-24(31)22(23(30)27-25(29)32)16-20-4-3-13-28(20)14-15-33-21-11-7-18(26)8-12-21/h3-13,16H,2,14-15H2,1H3,(H,27,30,32). The van der Waals surface area contributed by atoms with Crippen molar-refractivity contribution in [2.75, 3.05) is 11.5 Å². The summed E-state index contributed by atoms with van der Waals surface area (Å²) in [5.41, 5.74) is 2.01. The van der Waals surface area contributed by atoms with Gasteiger partial charge in [-0.15, -0.1) is 0 Å². The number of nitrogens with one attached hydrogen (secondary N) is 1. The molecule has 1 aliphatic heterocycles. The van der Waals surface area contributed by atoms with E-state index in [1.54, 1.807) is 42.5 Å². The summed E-state index contributed by atoms with van der Waals surface area (Å²) in [7, 11) is 0. The highest BCUT2D eigenvalue weighted by Gasteiger charge is 2.36. The summed E-state index contributed by atoms with van der Waals surface area (Å²) in [5.74, 6) is -0.703. The Morgan fingerprint density at radius 1 is 1.00 bits per heavy atom. The van der Waals surface area contributed by atoms with Crippen molar-refractivity contribution >= 4 is 41.2 Å². The molecule has 0 atom stereocenters. The summed E-state index contributed by atoms with van der Waals surface area (Å²) in [5, 5.41) is 2.88. The van der Waals surface area contributed by atoms with Gasteiger partial charge in [0.15, 0.2) is 0 Å². The Labute approximate surface area is 196 Å². The molecule has 0 bridgehead atoms. The van der Waals surface area contributed by atoms with Crippen molar-refractivity contribution < 1.29 is 19.1 Å². The van der Waals surface area contributed by atoms with Gasteiger partial charge in [0.05, 0.1) is 12.2 Å². The largest absolute Gasteiger partial charge is 0.492 e. The van der Waals surface area contributed by atoms with Gasteiger partial charge in [-0.25, -0.2) is 9.69 Å². The maximum absolute atomic E-state index is 13.1. The van der Waals surface area contributed by atoms with Crippen LogP contribution in [0.2, 0.25) is 5.02 Å².